The third kappa shape index (κ3) is 4.32. The molecule has 0 aliphatic carbocycles. The number of nitrogens with zero attached hydrogens (tertiary/aromatic N) is 2. The third-order valence-electron chi connectivity index (χ3n) is 3.82. The minimum absolute atomic E-state index is 0.143. The van der Waals surface area contributed by atoms with E-state index in [-0.39, 0.29) is 5.91 Å². The summed E-state index contributed by atoms with van der Waals surface area (Å²) in [6.45, 7) is 1.05. The molecule has 0 radical (unpaired) electrons. The van der Waals surface area contributed by atoms with Crippen LogP contribution in [0.2, 0.25) is 0 Å². The number of benzene rings is 2. The van der Waals surface area contributed by atoms with Gasteiger partial charge in [0.1, 0.15) is 12.1 Å². The molecule has 1 aromatic heterocycles. The summed E-state index contributed by atoms with van der Waals surface area (Å²) in [5.41, 5.74) is 2.28. The second kappa shape index (κ2) is 8.57. The Morgan fingerprint density at radius 3 is 2.62 bits per heavy atom. The van der Waals surface area contributed by atoms with Gasteiger partial charge in [-0.05, 0) is 42.8 Å². The smallest absolute Gasteiger partial charge is 0.251 e. The molecule has 3 aromatic rings. The first-order chi connectivity index (χ1) is 12.8. The van der Waals surface area contributed by atoms with Gasteiger partial charge in [0.05, 0.1) is 5.52 Å². The van der Waals surface area contributed by atoms with Crippen molar-refractivity contribution in [1.29, 1.82) is 0 Å². The van der Waals surface area contributed by atoms with Crippen molar-refractivity contribution in [2.45, 2.75) is 6.42 Å². The summed E-state index contributed by atoms with van der Waals surface area (Å²) in [6, 6.07) is 14.9. The van der Waals surface area contributed by atoms with Gasteiger partial charge in [-0.3, -0.25) is 9.59 Å². The summed E-state index contributed by atoms with van der Waals surface area (Å²) < 4.78 is 0. The molecule has 0 saturated carbocycles. The fourth-order valence-corrected chi connectivity index (χ4v) is 2.50. The number of carbonyl (C=O) groups excluding carboxylic acids is 2. The zero-order valence-electron chi connectivity index (χ0n) is 14.1. The molecule has 26 heavy (non-hydrogen) atoms. The predicted octanol–water partition coefficient (Wildman–Crippen LogP) is 2.24. The Balaban J connectivity index is 1.62. The van der Waals surface area contributed by atoms with Crippen molar-refractivity contribution >= 4 is 34.7 Å². The highest BCUT2D eigenvalue weighted by atomic mass is 16.1. The minimum Gasteiger partial charge on any atom is -0.359 e. The maximum absolute atomic E-state index is 12.1. The second-order valence-electron chi connectivity index (χ2n) is 5.62. The quantitative estimate of drug-likeness (QED) is 0.428. The maximum atomic E-state index is 12.1. The van der Waals surface area contributed by atoms with Crippen molar-refractivity contribution in [3.63, 3.8) is 0 Å². The number of anilines is 2. The Morgan fingerprint density at radius 1 is 1.00 bits per heavy atom. The highest BCUT2D eigenvalue weighted by Crippen LogP contribution is 2.22. The van der Waals surface area contributed by atoms with Crippen molar-refractivity contribution in [3.8, 4) is 0 Å². The van der Waals surface area contributed by atoms with Crippen LogP contribution in [0.5, 0.6) is 0 Å². The van der Waals surface area contributed by atoms with E-state index in [0.717, 1.165) is 22.4 Å². The van der Waals surface area contributed by atoms with Crippen LogP contribution in [0.3, 0.4) is 0 Å². The second-order valence-corrected chi connectivity index (χ2v) is 5.62. The van der Waals surface area contributed by atoms with Gasteiger partial charge < -0.3 is 16.0 Å². The number of rotatable bonds is 8. The Bertz CT molecular complexity index is 891. The van der Waals surface area contributed by atoms with Crippen LogP contribution < -0.4 is 16.0 Å². The number of fused-ring (bicyclic) bond motifs is 1. The van der Waals surface area contributed by atoms with E-state index in [2.05, 4.69) is 25.9 Å². The lowest BCUT2D eigenvalue weighted by atomic mass is 10.2. The number of amides is 2. The van der Waals surface area contributed by atoms with Crippen molar-refractivity contribution in [1.82, 2.24) is 20.6 Å². The monoisotopic (exact) mass is 349 g/mol. The van der Waals surface area contributed by atoms with Gasteiger partial charge in [0.2, 0.25) is 6.41 Å². The predicted molar refractivity (Wildman–Crippen MR) is 100 cm³/mol. The van der Waals surface area contributed by atoms with Gasteiger partial charge >= 0.3 is 0 Å². The number of carbonyl (C=O) groups is 2. The Labute approximate surface area is 150 Å². The summed E-state index contributed by atoms with van der Waals surface area (Å²) in [7, 11) is 0. The molecule has 0 aliphatic heterocycles. The van der Waals surface area contributed by atoms with Gasteiger partial charge in [-0.25, -0.2) is 9.97 Å². The van der Waals surface area contributed by atoms with Gasteiger partial charge in [-0.1, -0.05) is 12.1 Å². The number of hydrogen-bond acceptors (Lipinski definition) is 5. The molecule has 7 heteroatoms. The molecular formula is C19H19N5O2. The van der Waals surface area contributed by atoms with Crippen molar-refractivity contribution in [2.24, 2.45) is 0 Å². The molecule has 0 spiro atoms. The van der Waals surface area contributed by atoms with Crippen LogP contribution in [0.1, 0.15) is 16.8 Å². The number of hydrogen-bond donors (Lipinski definition) is 3. The molecule has 2 aromatic carbocycles. The Morgan fingerprint density at radius 2 is 1.81 bits per heavy atom. The fraction of sp³-hybridized carbons (Fsp3) is 0.158. The van der Waals surface area contributed by atoms with Crippen LogP contribution in [0.25, 0.3) is 10.9 Å². The normalized spacial score (nSPS) is 10.3. The van der Waals surface area contributed by atoms with Crippen LogP contribution in [0.15, 0.2) is 54.9 Å². The van der Waals surface area contributed by atoms with E-state index < -0.39 is 0 Å². The zero-order valence-corrected chi connectivity index (χ0v) is 14.1. The van der Waals surface area contributed by atoms with Gasteiger partial charge in [0, 0.05) is 29.7 Å². The van der Waals surface area contributed by atoms with Crippen molar-refractivity contribution in [2.75, 3.05) is 18.4 Å². The molecule has 0 fully saturated rings. The van der Waals surface area contributed by atoms with Gasteiger partial charge in [0.15, 0.2) is 0 Å². The molecule has 132 valence electrons. The summed E-state index contributed by atoms with van der Waals surface area (Å²) in [5, 5.41) is 9.56. The van der Waals surface area contributed by atoms with Crippen LogP contribution >= 0.6 is 0 Å². The molecule has 3 rings (SSSR count). The lowest BCUT2D eigenvalue weighted by Crippen LogP contribution is -2.27. The highest BCUT2D eigenvalue weighted by molar-refractivity contribution is 5.95. The average molecular weight is 349 g/mol. The van der Waals surface area contributed by atoms with Crippen molar-refractivity contribution < 1.29 is 9.59 Å². The first-order valence-electron chi connectivity index (χ1n) is 8.30. The molecule has 3 N–H and O–H groups in total. The average Bonchev–Trinajstić information content (AvgIpc) is 2.68. The Hall–Kier alpha value is -3.48. The van der Waals surface area contributed by atoms with E-state index in [1.165, 1.54) is 6.33 Å². The van der Waals surface area contributed by atoms with E-state index >= 15 is 0 Å². The fourth-order valence-electron chi connectivity index (χ4n) is 2.50. The van der Waals surface area contributed by atoms with E-state index in [9.17, 15) is 9.59 Å². The largest absolute Gasteiger partial charge is 0.359 e. The molecule has 1 heterocycles. The summed E-state index contributed by atoms with van der Waals surface area (Å²) in [4.78, 5) is 30.8. The van der Waals surface area contributed by atoms with Gasteiger partial charge in [-0.2, -0.15) is 0 Å². The lowest BCUT2D eigenvalue weighted by molar-refractivity contribution is -0.109. The summed E-state index contributed by atoms with van der Waals surface area (Å²) in [6.07, 6.45) is 2.85. The summed E-state index contributed by atoms with van der Waals surface area (Å²) in [5.74, 6) is 0.575. The van der Waals surface area contributed by atoms with E-state index in [4.69, 9.17) is 0 Å². The number of para-hydroxylation sites is 1. The van der Waals surface area contributed by atoms with E-state index in [0.29, 0.717) is 31.5 Å². The SMILES string of the molecule is O=CNCCCNC(=O)c1ccc(Nc2ncnc3ccccc23)cc1. The lowest BCUT2D eigenvalue weighted by Gasteiger charge is -2.09. The molecule has 0 atom stereocenters. The Kier molecular flexibility index (Phi) is 5.72. The number of nitrogens with one attached hydrogen (secondary N) is 3. The van der Waals surface area contributed by atoms with Gasteiger partial charge in [0.25, 0.3) is 5.91 Å². The molecule has 2 amide bonds. The first kappa shape index (κ1) is 17.3. The summed E-state index contributed by atoms with van der Waals surface area (Å²) >= 11 is 0. The molecule has 0 unspecified atom stereocenters. The molecule has 0 aliphatic rings. The zero-order chi connectivity index (χ0) is 18.2. The molecule has 0 bridgehead atoms. The standard InChI is InChI=1S/C19H19N5O2/c25-13-20-10-3-11-21-19(26)14-6-8-15(9-7-14)24-18-16-4-1-2-5-17(16)22-12-23-18/h1-2,4-9,12-13H,3,10-11H2,(H,20,25)(H,21,26)(H,22,23,24). The highest BCUT2D eigenvalue weighted by Gasteiger charge is 2.06. The molecule has 7 nitrogen and oxygen atoms in total. The van der Waals surface area contributed by atoms with Crippen molar-refractivity contribution in [3.05, 3.63) is 60.4 Å². The topological polar surface area (TPSA) is 96.0 Å². The van der Waals surface area contributed by atoms with Crippen LogP contribution in [0, 0.1) is 0 Å². The number of aromatic nitrogens is 2. The maximum Gasteiger partial charge on any atom is 0.251 e. The van der Waals surface area contributed by atoms with Gasteiger partial charge in [-0.15, -0.1) is 0 Å². The third-order valence-corrected chi connectivity index (χ3v) is 3.82. The van der Waals surface area contributed by atoms with Crippen LogP contribution in [0.4, 0.5) is 11.5 Å². The molecule has 0 saturated heterocycles. The van der Waals surface area contributed by atoms with E-state index in [1.807, 2.05) is 36.4 Å². The van der Waals surface area contributed by atoms with Crippen LogP contribution in [-0.2, 0) is 4.79 Å². The van der Waals surface area contributed by atoms with Crippen LogP contribution in [-0.4, -0.2) is 35.4 Å². The molecular weight excluding hydrogens is 330 g/mol. The first-order valence-corrected chi connectivity index (χ1v) is 8.30. The van der Waals surface area contributed by atoms with E-state index in [1.54, 1.807) is 12.1 Å². The minimum atomic E-state index is -0.143.